The molecule has 0 radical (unpaired) electrons. The van der Waals surface area contributed by atoms with Crippen LogP contribution in [-0.2, 0) is 13.5 Å². The average molecular weight is 289 g/mol. The molecule has 0 amide bonds. The molecule has 2 aromatic rings. The van der Waals surface area contributed by atoms with Crippen LogP contribution in [0.15, 0.2) is 18.5 Å². The lowest BCUT2D eigenvalue weighted by atomic mass is 10.1. The van der Waals surface area contributed by atoms with Crippen LogP contribution in [0, 0.1) is 13.8 Å². The number of aryl methyl sites for hydroxylation is 3. The van der Waals surface area contributed by atoms with Crippen molar-refractivity contribution in [3.05, 3.63) is 41.2 Å². The molecule has 0 saturated heterocycles. The summed E-state index contributed by atoms with van der Waals surface area (Å²) in [7, 11) is 1.99. The zero-order valence-electron chi connectivity index (χ0n) is 12.0. The van der Waals surface area contributed by atoms with Gasteiger partial charge in [0, 0.05) is 49.5 Å². The first-order chi connectivity index (χ1) is 9.49. The van der Waals surface area contributed by atoms with Crippen molar-refractivity contribution >= 4 is 22.9 Å². The molecule has 0 atom stereocenters. The molecule has 2 aromatic heterocycles. The third kappa shape index (κ3) is 3.14. The second-order valence-corrected chi connectivity index (χ2v) is 5.21. The minimum atomic E-state index is 0.370. The van der Waals surface area contributed by atoms with Crippen molar-refractivity contribution in [3.8, 4) is 0 Å². The number of thiocarbonyl (C=S) groups is 1. The standard InChI is InChI=1S/C14H19N5S/c1-9-8-11(13(14(15)20)10(2)18-9)16-5-4-12-17-6-7-19(12)3/h6-8H,4-5H2,1-3H3,(H2,15,20)(H,16,18). The predicted octanol–water partition coefficient (Wildman–Crippen LogP) is 1.72. The molecular weight excluding hydrogens is 270 g/mol. The molecule has 0 aliphatic carbocycles. The number of hydrogen-bond acceptors (Lipinski definition) is 4. The summed E-state index contributed by atoms with van der Waals surface area (Å²) in [5.41, 5.74) is 9.36. The van der Waals surface area contributed by atoms with Crippen molar-refractivity contribution in [3.63, 3.8) is 0 Å². The lowest BCUT2D eigenvalue weighted by Gasteiger charge is -2.14. The summed E-state index contributed by atoms with van der Waals surface area (Å²) < 4.78 is 2.01. The average Bonchev–Trinajstić information content (AvgIpc) is 2.73. The Morgan fingerprint density at radius 3 is 2.80 bits per heavy atom. The molecule has 0 unspecified atom stereocenters. The maximum Gasteiger partial charge on any atom is 0.110 e. The van der Waals surface area contributed by atoms with Gasteiger partial charge in [0.2, 0.25) is 0 Å². The maximum atomic E-state index is 5.79. The topological polar surface area (TPSA) is 68.8 Å². The van der Waals surface area contributed by atoms with Gasteiger partial charge >= 0.3 is 0 Å². The van der Waals surface area contributed by atoms with Gasteiger partial charge in [-0.15, -0.1) is 0 Å². The highest BCUT2D eigenvalue weighted by Crippen LogP contribution is 2.19. The number of imidazole rings is 1. The normalized spacial score (nSPS) is 10.6. The fourth-order valence-electron chi connectivity index (χ4n) is 2.23. The number of rotatable bonds is 5. The van der Waals surface area contributed by atoms with E-state index >= 15 is 0 Å². The van der Waals surface area contributed by atoms with E-state index in [4.69, 9.17) is 18.0 Å². The summed E-state index contributed by atoms with van der Waals surface area (Å²) in [4.78, 5) is 9.07. The van der Waals surface area contributed by atoms with Crippen LogP contribution in [0.5, 0.6) is 0 Å². The first-order valence-corrected chi connectivity index (χ1v) is 6.88. The molecule has 5 nitrogen and oxygen atoms in total. The van der Waals surface area contributed by atoms with E-state index in [1.54, 1.807) is 6.20 Å². The van der Waals surface area contributed by atoms with Gasteiger partial charge in [-0.1, -0.05) is 12.2 Å². The number of nitrogens with two attached hydrogens (primary N) is 1. The van der Waals surface area contributed by atoms with Gasteiger partial charge in [-0.25, -0.2) is 4.98 Å². The van der Waals surface area contributed by atoms with Crippen LogP contribution < -0.4 is 11.1 Å². The zero-order valence-corrected chi connectivity index (χ0v) is 12.8. The summed E-state index contributed by atoms with van der Waals surface area (Å²) in [6.45, 7) is 4.65. The largest absolute Gasteiger partial charge is 0.389 e. The molecule has 2 heterocycles. The van der Waals surface area contributed by atoms with Crippen molar-refractivity contribution in [1.82, 2.24) is 14.5 Å². The number of nitrogens with one attached hydrogen (secondary N) is 1. The third-order valence-corrected chi connectivity index (χ3v) is 3.36. The molecule has 0 aliphatic heterocycles. The van der Waals surface area contributed by atoms with Crippen LogP contribution in [-0.4, -0.2) is 26.1 Å². The molecule has 2 rings (SSSR count). The van der Waals surface area contributed by atoms with E-state index in [2.05, 4.69) is 15.3 Å². The minimum absolute atomic E-state index is 0.370. The molecule has 20 heavy (non-hydrogen) atoms. The number of anilines is 1. The van der Waals surface area contributed by atoms with E-state index < -0.39 is 0 Å². The van der Waals surface area contributed by atoms with Gasteiger partial charge in [0.25, 0.3) is 0 Å². The Hall–Kier alpha value is -1.95. The fourth-order valence-corrected chi connectivity index (χ4v) is 2.48. The fraction of sp³-hybridized carbons (Fsp3) is 0.357. The molecule has 6 heteroatoms. The molecule has 3 N–H and O–H groups in total. The van der Waals surface area contributed by atoms with Gasteiger partial charge in [0.15, 0.2) is 0 Å². The summed E-state index contributed by atoms with van der Waals surface area (Å²) in [5.74, 6) is 1.04. The molecule has 0 spiro atoms. The Balaban J connectivity index is 2.13. The van der Waals surface area contributed by atoms with Crippen molar-refractivity contribution in [1.29, 1.82) is 0 Å². The molecule has 0 aromatic carbocycles. The zero-order chi connectivity index (χ0) is 14.7. The van der Waals surface area contributed by atoms with E-state index in [1.165, 1.54) is 0 Å². The Kier molecular flexibility index (Phi) is 4.34. The summed E-state index contributed by atoms with van der Waals surface area (Å²) in [6, 6.07) is 1.97. The van der Waals surface area contributed by atoms with E-state index in [0.29, 0.717) is 4.99 Å². The van der Waals surface area contributed by atoms with E-state index in [9.17, 15) is 0 Å². The second-order valence-electron chi connectivity index (χ2n) is 4.77. The van der Waals surface area contributed by atoms with Gasteiger partial charge < -0.3 is 15.6 Å². The van der Waals surface area contributed by atoms with Crippen LogP contribution in [0.4, 0.5) is 5.69 Å². The van der Waals surface area contributed by atoms with Crippen LogP contribution in [0.2, 0.25) is 0 Å². The number of pyridine rings is 1. The molecule has 0 fully saturated rings. The Morgan fingerprint density at radius 2 is 2.20 bits per heavy atom. The quantitative estimate of drug-likeness (QED) is 0.820. The highest BCUT2D eigenvalue weighted by atomic mass is 32.1. The molecule has 0 bridgehead atoms. The second kappa shape index (κ2) is 6.00. The highest BCUT2D eigenvalue weighted by molar-refractivity contribution is 7.80. The van der Waals surface area contributed by atoms with Gasteiger partial charge in [-0.3, -0.25) is 4.98 Å². The summed E-state index contributed by atoms with van der Waals surface area (Å²) >= 11 is 5.11. The molecule has 0 saturated carbocycles. The lowest BCUT2D eigenvalue weighted by Crippen LogP contribution is -2.18. The van der Waals surface area contributed by atoms with E-state index in [0.717, 1.165) is 41.4 Å². The van der Waals surface area contributed by atoms with Crippen LogP contribution >= 0.6 is 12.2 Å². The Bertz CT molecular complexity index is 632. The summed E-state index contributed by atoms with van der Waals surface area (Å²) in [5, 5.41) is 3.38. The van der Waals surface area contributed by atoms with E-state index in [1.807, 2.05) is 37.7 Å². The first kappa shape index (κ1) is 14.5. The number of nitrogens with zero attached hydrogens (tertiary/aromatic N) is 3. The van der Waals surface area contributed by atoms with Gasteiger partial charge in [0.05, 0.1) is 5.56 Å². The Morgan fingerprint density at radius 1 is 1.45 bits per heavy atom. The highest BCUT2D eigenvalue weighted by Gasteiger charge is 2.11. The van der Waals surface area contributed by atoms with Crippen LogP contribution in [0.1, 0.15) is 22.8 Å². The Labute approximate surface area is 124 Å². The molecule has 0 aliphatic rings. The summed E-state index contributed by atoms with van der Waals surface area (Å²) in [6.07, 6.45) is 4.58. The predicted molar refractivity (Wildman–Crippen MR) is 85.0 cm³/mol. The molecule has 106 valence electrons. The minimum Gasteiger partial charge on any atom is -0.389 e. The van der Waals surface area contributed by atoms with Gasteiger partial charge in [-0.05, 0) is 19.9 Å². The smallest absolute Gasteiger partial charge is 0.110 e. The van der Waals surface area contributed by atoms with Gasteiger partial charge in [0.1, 0.15) is 10.8 Å². The maximum absolute atomic E-state index is 5.79. The van der Waals surface area contributed by atoms with Gasteiger partial charge in [-0.2, -0.15) is 0 Å². The van der Waals surface area contributed by atoms with Crippen molar-refractivity contribution < 1.29 is 0 Å². The van der Waals surface area contributed by atoms with Crippen LogP contribution in [0.25, 0.3) is 0 Å². The van der Waals surface area contributed by atoms with Crippen LogP contribution in [0.3, 0.4) is 0 Å². The van der Waals surface area contributed by atoms with Crippen molar-refractivity contribution in [2.24, 2.45) is 12.8 Å². The number of hydrogen-bond donors (Lipinski definition) is 2. The number of aromatic nitrogens is 3. The lowest BCUT2D eigenvalue weighted by molar-refractivity contribution is 0.789. The monoisotopic (exact) mass is 289 g/mol. The van der Waals surface area contributed by atoms with E-state index in [-0.39, 0.29) is 0 Å². The van der Waals surface area contributed by atoms with Crippen molar-refractivity contribution in [2.75, 3.05) is 11.9 Å². The first-order valence-electron chi connectivity index (χ1n) is 6.47. The third-order valence-electron chi connectivity index (χ3n) is 3.16. The molecular formula is C14H19N5S. The SMILES string of the molecule is Cc1cc(NCCc2nccn2C)c(C(N)=S)c(C)n1. The van der Waals surface area contributed by atoms with Crippen molar-refractivity contribution in [2.45, 2.75) is 20.3 Å².